The summed E-state index contributed by atoms with van der Waals surface area (Å²) in [6.07, 6.45) is -0.633. The highest BCUT2D eigenvalue weighted by atomic mass is 16.6. The normalized spacial score (nSPS) is 15.2. The number of aromatic nitrogens is 2. The third kappa shape index (κ3) is 7.27. The molecule has 2 aliphatic heterocycles. The molecule has 1 unspecified atom stereocenters. The molecule has 0 spiro atoms. The van der Waals surface area contributed by atoms with Crippen LogP contribution in [-0.4, -0.2) is 117 Å². The van der Waals surface area contributed by atoms with Gasteiger partial charge in [-0.3, -0.25) is 19.2 Å². The van der Waals surface area contributed by atoms with E-state index in [1.165, 1.54) is 20.8 Å². The molecule has 46 heavy (non-hydrogen) atoms. The van der Waals surface area contributed by atoms with Crippen molar-refractivity contribution in [1.29, 1.82) is 0 Å². The highest BCUT2D eigenvalue weighted by Crippen LogP contribution is 2.28. The van der Waals surface area contributed by atoms with Crippen LogP contribution in [0.4, 0.5) is 4.79 Å². The van der Waals surface area contributed by atoms with Crippen LogP contribution in [0.5, 0.6) is 11.6 Å². The van der Waals surface area contributed by atoms with Crippen LogP contribution in [0.2, 0.25) is 0 Å². The van der Waals surface area contributed by atoms with Crippen LogP contribution in [0, 0.1) is 0 Å². The van der Waals surface area contributed by atoms with E-state index >= 15 is 0 Å². The number of carbonyl (C=O) groups is 5. The van der Waals surface area contributed by atoms with Gasteiger partial charge in [0.1, 0.15) is 17.5 Å². The van der Waals surface area contributed by atoms with Gasteiger partial charge in [0.2, 0.25) is 5.91 Å². The molecule has 3 aromatic rings. The molecule has 0 bridgehead atoms. The number of ether oxygens (including phenoxy) is 2. The zero-order valence-electron chi connectivity index (χ0n) is 25.1. The second kappa shape index (κ2) is 14.1. The third-order valence-corrected chi connectivity index (χ3v) is 7.80. The van der Waals surface area contributed by atoms with Crippen LogP contribution in [0.15, 0.2) is 34.9 Å². The van der Waals surface area contributed by atoms with E-state index in [-0.39, 0.29) is 82.0 Å². The Morgan fingerprint density at radius 2 is 1.78 bits per heavy atom. The Hall–Kier alpha value is -5.41. The monoisotopic (exact) mass is 638 g/mol. The largest absolute Gasteiger partial charge is 0.491 e. The van der Waals surface area contributed by atoms with Gasteiger partial charge in [0.25, 0.3) is 17.7 Å². The maximum atomic E-state index is 13.5. The van der Waals surface area contributed by atoms with Crippen LogP contribution in [-0.2, 0) is 32.1 Å². The fraction of sp³-hybridized carbons (Fsp3) is 0.433. The van der Waals surface area contributed by atoms with E-state index in [1.807, 2.05) is 0 Å². The Morgan fingerprint density at radius 3 is 2.52 bits per heavy atom. The van der Waals surface area contributed by atoms with Gasteiger partial charge in [-0.1, -0.05) is 12.1 Å². The van der Waals surface area contributed by atoms with E-state index in [0.717, 1.165) is 0 Å². The molecule has 0 aliphatic carbocycles. The van der Waals surface area contributed by atoms with E-state index in [2.05, 4.69) is 15.5 Å². The van der Waals surface area contributed by atoms with Crippen molar-refractivity contribution in [3.8, 4) is 11.6 Å². The minimum atomic E-state index is -1.17. The quantitative estimate of drug-likeness (QED) is 0.286. The highest BCUT2D eigenvalue weighted by Gasteiger charge is 2.32. The number of benzene rings is 1. The molecule has 4 heterocycles. The second-order valence-corrected chi connectivity index (χ2v) is 10.8. The molecule has 1 saturated heterocycles. The van der Waals surface area contributed by atoms with Crippen molar-refractivity contribution in [2.24, 2.45) is 0 Å². The van der Waals surface area contributed by atoms with Gasteiger partial charge < -0.3 is 44.2 Å². The lowest BCUT2D eigenvalue weighted by atomic mass is 10.1. The lowest BCUT2D eigenvalue weighted by Gasteiger charge is -2.35. The van der Waals surface area contributed by atoms with E-state index in [1.54, 1.807) is 31.2 Å². The number of aromatic hydroxyl groups is 1. The highest BCUT2D eigenvalue weighted by molar-refractivity contribution is 5.99. The number of hydrogen-bond donors (Lipinski definition) is 3. The summed E-state index contributed by atoms with van der Waals surface area (Å²) in [7, 11) is 0. The van der Waals surface area contributed by atoms with Gasteiger partial charge in [-0.05, 0) is 37.1 Å². The molecule has 16 nitrogen and oxygen atoms in total. The topological polar surface area (TPSA) is 205 Å². The average Bonchev–Trinajstić information content (AvgIpc) is 3.44. The SMILES string of the molecule is CCOC(=O)N1CCN(C(=O)C(CCC(=O)O)NC(=O)c2cc(OCC(=O)N3CCc4c(O)noc4C3)c3ccccc3n2)CC1. The number of para-hydroxylation sites is 1. The van der Waals surface area contributed by atoms with Crippen molar-refractivity contribution in [2.45, 2.75) is 38.8 Å². The lowest BCUT2D eigenvalue weighted by molar-refractivity contribution is -0.138. The molecule has 244 valence electrons. The van der Waals surface area contributed by atoms with Crippen LogP contribution in [0.1, 0.15) is 41.6 Å². The fourth-order valence-corrected chi connectivity index (χ4v) is 5.33. The van der Waals surface area contributed by atoms with Gasteiger partial charge in [-0.25, -0.2) is 9.78 Å². The number of rotatable bonds is 10. The Balaban J connectivity index is 1.28. The molecule has 1 atom stereocenters. The molecule has 4 amide bonds. The first-order valence-electron chi connectivity index (χ1n) is 14.8. The van der Waals surface area contributed by atoms with Crippen LogP contribution >= 0.6 is 0 Å². The summed E-state index contributed by atoms with van der Waals surface area (Å²) >= 11 is 0. The van der Waals surface area contributed by atoms with E-state index in [4.69, 9.17) is 14.0 Å². The summed E-state index contributed by atoms with van der Waals surface area (Å²) in [6.45, 7) is 2.86. The van der Waals surface area contributed by atoms with Gasteiger partial charge in [-0.2, -0.15) is 0 Å². The first-order chi connectivity index (χ1) is 22.1. The molecule has 16 heteroatoms. The molecule has 5 rings (SSSR count). The number of aliphatic carboxylic acids is 1. The van der Waals surface area contributed by atoms with Crippen molar-refractivity contribution >= 4 is 40.7 Å². The summed E-state index contributed by atoms with van der Waals surface area (Å²) in [4.78, 5) is 72.2. The Morgan fingerprint density at radius 1 is 1.04 bits per heavy atom. The first-order valence-corrected chi connectivity index (χ1v) is 14.8. The number of nitrogens with zero attached hydrogens (tertiary/aromatic N) is 5. The predicted molar refractivity (Wildman–Crippen MR) is 158 cm³/mol. The van der Waals surface area contributed by atoms with Crippen molar-refractivity contribution in [3.05, 3.63) is 47.3 Å². The second-order valence-electron chi connectivity index (χ2n) is 10.8. The molecule has 1 aromatic carbocycles. The van der Waals surface area contributed by atoms with Gasteiger partial charge in [0.05, 0.1) is 24.2 Å². The number of piperazine rings is 1. The number of amides is 4. The summed E-state index contributed by atoms with van der Waals surface area (Å²) in [5.74, 6) is -2.27. The molecule has 1 fully saturated rings. The van der Waals surface area contributed by atoms with Crippen molar-refractivity contribution in [3.63, 3.8) is 0 Å². The van der Waals surface area contributed by atoms with E-state index < -0.39 is 29.9 Å². The molecule has 3 N–H and O–H groups in total. The Labute approximate surface area is 262 Å². The number of hydrogen-bond acceptors (Lipinski definition) is 11. The summed E-state index contributed by atoms with van der Waals surface area (Å²) < 4.78 is 16.0. The molecule has 2 aromatic heterocycles. The van der Waals surface area contributed by atoms with E-state index in [0.29, 0.717) is 35.2 Å². The Bertz CT molecular complexity index is 1630. The molecular formula is C30H34N6O10. The average molecular weight is 639 g/mol. The fourth-order valence-electron chi connectivity index (χ4n) is 5.33. The lowest BCUT2D eigenvalue weighted by Crippen LogP contribution is -2.56. The first kappa shape index (κ1) is 32.0. The van der Waals surface area contributed by atoms with Crippen molar-refractivity contribution < 1.29 is 48.2 Å². The summed E-state index contributed by atoms with van der Waals surface area (Å²) in [6, 6.07) is 7.06. The smallest absolute Gasteiger partial charge is 0.409 e. The number of carbonyl (C=O) groups excluding carboxylic acids is 4. The van der Waals surface area contributed by atoms with Gasteiger partial charge >= 0.3 is 12.1 Å². The maximum Gasteiger partial charge on any atom is 0.409 e. The Kier molecular flexibility index (Phi) is 9.83. The van der Waals surface area contributed by atoms with Gasteiger partial charge in [0, 0.05) is 50.6 Å². The van der Waals surface area contributed by atoms with Crippen molar-refractivity contribution in [2.75, 3.05) is 45.9 Å². The number of carboxylic acid groups (broad SMARTS) is 1. The number of nitrogens with one attached hydrogen (secondary N) is 1. The number of carboxylic acids is 1. The van der Waals surface area contributed by atoms with Crippen molar-refractivity contribution in [1.82, 2.24) is 30.2 Å². The minimum Gasteiger partial charge on any atom is -0.491 e. The molecular weight excluding hydrogens is 604 g/mol. The van der Waals surface area contributed by atoms with E-state index in [9.17, 15) is 34.2 Å². The summed E-state index contributed by atoms with van der Waals surface area (Å²) in [5, 5.41) is 25.8. The third-order valence-electron chi connectivity index (χ3n) is 7.80. The number of fused-ring (bicyclic) bond motifs is 2. The number of pyridine rings is 1. The molecule has 0 saturated carbocycles. The zero-order chi connectivity index (χ0) is 32.8. The standard InChI is InChI=1S/C30H34N6O10/c1-2-44-30(43)35-13-11-34(12-14-35)29(42)21(7-8-26(38)39)32-28(41)22-15-23(18-5-3-4-6-20(18)31-22)45-17-25(37)36-10-9-19-24(16-36)46-33-27(19)40/h3-6,15,21H,2,7-14,16-17H2,1H3,(H,32,41)(H,33,40)(H,38,39). The molecule has 0 radical (unpaired) electrons. The van der Waals surface area contributed by atoms with Gasteiger partial charge in [-0.15, -0.1) is 0 Å². The predicted octanol–water partition coefficient (Wildman–Crippen LogP) is 1.16. The van der Waals surface area contributed by atoms with Crippen LogP contribution < -0.4 is 10.1 Å². The van der Waals surface area contributed by atoms with Gasteiger partial charge in [0.15, 0.2) is 12.4 Å². The maximum absolute atomic E-state index is 13.5. The van der Waals surface area contributed by atoms with Crippen LogP contribution in [0.25, 0.3) is 10.9 Å². The zero-order valence-corrected chi connectivity index (χ0v) is 25.1. The van der Waals surface area contributed by atoms with Crippen LogP contribution in [0.3, 0.4) is 0 Å². The summed E-state index contributed by atoms with van der Waals surface area (Å²) in [5.41, 5.74) is 0.877. The minimum absolute atomic E-state index is 0.0962. The molecule has 2 aliphatic rings.